The van der Waals surface area contributed by atoms with Crippen LogP contribution in [-0.4, -0.2) is 4.37 Å². The first-order valence-electron chi connectivity index (χ1n) is 5.62. The zero-order chi connectivity index (χ0) is 12.5. The number of rotatable bonds is 2. The van der Waals surface area contributed by atoms with Crippen LogP contribution in [0.15, 0.2) is 42.5 Å². The molecule has 1 aromatic heterocycles. The number of nitrogen functional groups attached to an aromatic ring is 1. The molecule has 0 spiro atoms. The molecule has 0 atom stereocenters. The van der Waals surface area contributed by atoms with E-state index in [9.17, 15) is 0 Å². The number of nitrogens with zero attached hydrogens (tertiary/aromatic N) is 1. The zero-order valence-corrected chi connectivity index (χ0v) is 10.7. The molecule has 0 aliphatic heterocycles. The van der Waals surface area contributed by atoms with Crippen molar-refractivity contribution < 1.29 is 4.74 Å². The van der Waals surface area contributed by atoms with Crippen molar-refractivity contribution in [2.24, 2.45) is 0 Å². The maximum Gasteiger partial charge on any atom is 0.207 e. The Morgan fingerprint density at radius 3 is 2.83 bits per heavy atom. The number of nitrogens with two attached hydrogens (primary N) is 1. The number of hydrogen-bond acceptors (Lipinski definition) is 4. The van der Waals surface area contributed by atoms with Gasteiger partial charge in [-0.15, -0.1) is 0 Å². The summed E-state index contributed by atoms with van der Waals surface area (Å²) in [7, 11) is 0. The quantitative estimate of drug-likeness (QED) is 0.705. The van der Waals surface area contributed by atoms with Gasteiger partial charge in [0.2, 0.25) is 5.06 Å². The molecule has 1 heterocycles. The number of fused-ring (bicyclic) bond motifs is 1. The molecule has 0 saturated carbocycles. The molecule has 90 valence electrons. The molecule has 0 amide bonds. The van der Waals surface area contributed by atoms with Gasteiger partial charge in [-0.2, -0.15) is 4.37 Å². The molecule has 0 saturated heterocycles. The smallest absolute Gasteiger partial charge is 0.207 e. The highest BCUT2D eigenvalue weighted by molar-refractivity contribution is 7.09. The number of aromatic nitrogens is 1. The van der Waals surface area contributed by atoms with Crippen LogP contribution in [-0.2, 0) is 0 Å². The Morgan fingerprint density at radius 1 is 1.17 bits per heavy atom. The van der Waals surface area contributed by atoms with Crippen molar-refractivity contribution in [3.05, 3.63) is 48.0 Å². The summed E-state index contributed by atoms with van der Waals surface area (Å²) < 4.78 is 10.3. The van der Waals surface area contributed by atoms with E-state index in [1.165, 1.54) is 11.5 Å². The average molecular weight is 256 g/mol. The van der Waals surface area contributed by atoms with Gasteiger partial charge in [-0.3, -0.25) is 0 Å². The van der Waals surface area contributed by atoms with Gasteiger partial charge in [0.15, 0.2) is 0 Å². The summed E-state index contributed by atoms with van der Waals surface area (Å²) in [6.07, 6.45) is 0. The molecule has 0 unspecified atom stereocenters. The lowest BCUT2D eigenvalue weighted by Crippen LogP contribution is -1.89. The number of ether oxygens (including phenoxy) is 1. The maximum atomic E-state index is 5.92. The predicted molar refractivity (Wildman–Crippen MR) is 75.3 cm³/mol. The third-order valence-electron chi connectivity index (χ3n) is 2.75. The lowest BCUT2D eigenvalue weighted by Gasteiger charge is -2.07. The van der Waals surface area contributed by atoms with Crippen molar-refractivity contribution in [2.75, 3.05) is 5.73 Å². The van der Waals surface area contributed by atoms with E-state index < -0.39 is 0 Å². The Bertz CT molecular complexity index is 706. The largest absolute Gasteiger partial charge is 0.444 e. The van der Waals surface area contributed by atoms with E-state index in [-0.39, 0.29) is 0 Å². The summed E-state index contributed by atoms with van der Waals surface area (Å²) in [4.78, 5) is 0. The summed E-state index contributed by atoms with van der Waals surface area (Å²) in [5.74, 6) is 0.818. The second-order valence-corrected chi connectivity index (χ2v) is 4.85. The molecule has 0 bridgehead atoms. The fourth-order valence-corrected chi connectivity index (χ4v) is 2.56. The van der Waals surface area contributed by atoms with Gasteiger partial charge in [0.1, 0.15) is 5.75 Å². The molecular formula is C14H12N2OS. The zero-order valence-electron chi connectivity index (χ0n) is 9.88. The molecule has 2 aromatic carbocycles. The van der Waals surface area contributed by atoms with Crippen molar-refractivity contribution >= 4 is 28.1 Å². The third kappa shape index (κ3) is 1.91. The molecular weight excluding hydrogens is 244 g/mol. The molecule has 0 aliphatic rings. The van der Waals surface area contributed by atoms with Crippen molar-refractivity contribution in [3.8, 4) is 10.8 Å². The standard InChI is InChI=1S/C14H12N2OS/c1-9-8-10(15)6-7-13(9)17-14-11-4-2-3-5-12(11)16-18-14/h2-8H,15H2,1H3. The van der Waals surface area contributed by atoms with E-state index in [1.54, 1.807) is 0 Å². The number of aryl methyl sites for hydroxylation is 1. The van der Waals surface area contributed by atoms with E-state index in [0.29, 0.717) is 0 Å². The van der Waals surface area contributed by atoms with Crippen LogP contribution in [0.25, 0.3) is 10.9 Å². The highest BCUT2D eigenvalue weighted by Crippen LogP contribution is 2.35. The second kappa shape index (κ2) is 4.31. The summed E-state index contributed by atoms with van der Waals surface area (Å²) in [5.41, 5.74) is 8.45. The molecule has 3 rings (SSSR count). The normalized spacial score (nSPS) is 10.7. The maximum absolute atomic E-state index is 5.92. The summed E-state index contributed by atoms with van der Waals surface area (Å²) in [5, 5.41) is 1.86. The monoisotopic (exact) mass is 256 g/mol. The minimum Gasteiger partial charge on any atom is -0.444 e. The molecule has 0 aliphatic carbocycles. The first-order chi connectivity index (χ1) is 8.74. The minimum absolute atomic E-state index is 0.744. The van der Waals surface area contributed by atoms with Crippen LogP contribution in [0.1, 0.15) is 5.56 Å². The van der Waals surface area contributed by atoms with E-state index in [0.717, 1.165) is 33.0 Å². The van der Waals surface area contributed by atoms with E-state index >= 15 is 0 Å². The van der Waals surface area contributed by atoms with Gasteiger partial charge in [-0.1, -0.05) is 12.1 Å². The average Bonchev–Trinajstić information content (AvgIpc) is 2.76. The summed E-state index contributed by atoms with van der Waals surface area (Å²) in [6, 6.07) is 13.6. The SMILES string of the molecule is Cc1cc(N)ccc1Oc1snc2ccccc12. The van der Waals surface area contributed by atoms with Gasteiger partial charge in [-0.25, -0.2) is 0 Å². The lowest BCUT2D eigenvalue weighted by atomic mass is 10.2. The Balaban J connectivity index is 2.01. The van der Waals surface area contributed by atoms with Gasteiger partial charge < -0.3 is 10.5 Å². The molecule has 3 nitrogen and oxygen atoms in total. The van der Waals surface area contributed by atoms with Crippen LogP contribution in [0.2, 0.25) is 0 Å². The van der Waals surface area contributed by atoms with E-state index in [1.807, 2.05) is 49.4 Å². The van der Waals surface area contributed by atoms with E-state index in [2.05, 4.69) is 4.37 Å². The van der Waals surface area contributed by atoms with Crippen molar-refractivity contribution in [1.82, 2.24) is 4.37 Å². The summed E-state index contributed by atoms with van der Waals surface area (Å²) in [6.45, 7) is 1.98. The minimum atomic E-state index is 0.744. The van der Waals surface area contributed by atoms with E-state index in [4.69, 9.17) is 10.5 Å². The second-order valence-electron chi connectivity index (χ2n) is 4.11. The number of hydrogen-bond donors (Lipinski definition) is 1. The highest BCUT2D eigenvalue weighted by Gasteiger charge is 2.09. The molecule has 4 heteroatoms. The molecule has 2 N–H and O–H groups in total. The predicted octanol–water partition coefficient (Wildman–Crippen LogP) is 3.98. The van der Waals surface area contributed by atoms with Gasteiger partial charge in [0, 0.05) is 17.2 Å². The Labute approximate surface area is 109 Å². The fourth-order valence-electron chi connectivity index (χ4n) is 1.83. The van der Waals surface area contributed by atoms with Crippen LogP contribution in [0, 0.1) is 6.92 Å². The van der Waals surface area contributed by atoms with Crippen LogP contribution < -0.4 is 10.5 Å². The lowest BCUT2D eigenvalue weighted by molar-refractivity contribution is 0.497. The van der Waals surface area contributed by atoms with Crippen LogP contribution in [0.4, 0.5) is 5.69 Å². The van der Waals surface area contributed by atoms with Gasteiger partial charge in [-0.05, 0) is 42.8 Å². The molecule has 0 radical (unpaired) electrons. The topological polar surface area (TPSA) is 48.1 Å². The van der Waals surface area contributed by atoms with Crippen LogP contribution in [0.3, 0.4) is 0 Å². The Hall–Kier alpha value is -2.07. The number of benzene rings is 2. The van der Waals surface area contributed by atoms with Gasteiger partial charge in [0.25, 0.3) is 0 Å². The molecule has 18 heavy (non-hydrogen) atoms. The third-order valence-corrected chi connectivity index (χ3v) is 3.51. The Kier molecular flexibility index (Phi) is 2.64. The molecule has 3 aromatic rings. The summed E-state index contributed by atoms with van der Waals surface area (Å²) >= 11 is 1.37. The molecule has 0 fully saturated rings. The van der Waals surface area contributed by atoms with Crippen molar-refractivity contribution in [2.45, 2.75) is 6.92 Å². The number of anilines is 1. The Morgan fingerprint density at radius 2 is 2.00 bits per heavy atom. The van der Waals surface area contributed by atoms with Gasteiger partial charge in [0.05, 0.1) is 10.9 Å². The highest BCUT2D eigenvalue weighted by atomic mass is 32.1. The first-order valence-corrected chi connectivity index (χ1v) is 6.40. The fraction of sp³-hybridized carbons (Fsp3) is 0.0714. The van der Waals surface area contributed by atoms with Crippen LogP contribution in [0.5, 0.6) is 10.8 Å². The van der Waals surface area contributed by atoms with Crippen molar-refractivity contribution in [1.29, 1.82) is 0 Å². The van der Waals surface area contributed by atoms with Gasteiger partial charge >= 0.3 is 0 Å². The van der Waals surface area contributed by atoms with Crippen molar-refractivity contribution in [3.63, 3.8) is 0 Å². The van der Waals surface area contributed by atoms with Crippen LogP contribution >= 0.6 is 11.5 Å². The first kappa shape index (κ1) is 11.0.